The van der Waals surface area contributed by atoms with Gasteiger partial charge in [-0.05, 0) is 17.7 Å². The van der Waals surface area contributed by atoms with E-state index in [1.807, 2.05) is 0 Å². The van der Waals surface area contributed by atoms with E-state index in [-0.39, 0.29) is 30.2 Å². The van der Waals surface area contributed by atoms with E-state index in [9.17, 15) is 14.4 Å². The zero-order valence-electron chi connectivity index (χ0n) is 14.0. The molecular weight excluding hydrogens is 381 g/mol. The summed E-state index contributed by atoms with van der Waals surface area (Å²) in [5.41, 5.74) is 0.242. The summed E-state index contributed by atoms with van der Waals surface area (Å²) in [5.74, 6) is -0.314. The van der Waals surface area contributed by atoms with Crippen molar-refractivity contribution in [2.45, 2.75) is 13.1 Å². The van der Waals surface area contributed by atoms with Crippen LogP contribution in [0.1, 0.15) is 5.56 Å². The number of aromatic nitrogens is 4. The molecule has 10 heteroatoms. The van der Waals surface area contributed by atoms with E-state index < -0.39 is 11.2 Å². The second-order valence-corrected chi connectivity index (χ2v) is 6.59. The highest BCUT2D eigenvalue weighted by molar-refractivity contribution is 6.42. The molecule has 0 saturated carbocycles. The minimum absolute atomic E-state index is 0.106. The highest BCUT2D eigenvalue weighted by atomic mass is 35.5. The van der Waals surface area contributed by atoms with Crippen molar-refractivity contribution in [1.29, 1.82) is 0 Å². The van der Waals surface area contributed by atoms with Gasteiger partial charge in [0.15, 0.2) is 11.2 Å². The number of fused-ring (bicyclic) bond motifs is 1. The number of carbonyl (C=O) groups excluding carboxylic acids is 1. The van der Waals surface area contributed by atoms with E-state index in [1.54, 1.807) is 18.2 Å². The number of hydrogen-bond acceptors (Lipinski definition) is 4. The molecule has 0 fully saturated rings. The van der Waals surface area contributed by atoms with Gasteiger partial charge in [-0.1, -0.05) is 29.3 Å². The van der Waals surface area contributed by atoms with Crippen LogP contribution in [0.15, 0.2) is 34.1 Å². The van der Waals surface area contributed by atoms with Crippen LogP contribution in [0.5, 0.6) is 0 Å². The lowest BCUT2D eigenvalue weighted by atomic mass is 10.2. The Hall–Kier alpha value is -2.58. The molecule has 0 atom stereocenters. The molecule has 3 rings (SSSR count). The molecule has 1 N–H and O–H groups in total. The summed E-state index contributed by atoms with van der Waals surface area (Å²) >= 11 is 11.8. The van der Waals surface area contributed by atoms with E-state index in [4.69, 9.17) is 23.2 Å². The summed E-state index contributed by atoms with van der Waals surface area (Å²) in [4.78, 5) is 40.6. The van der Waals surface area contributed by atoms with Gasteiger partial charge in [0.25, 0.3) is 5.56 Å². The highest BCUT2D eigenvalue weighted by Gasteiger charge is 2.15. The van der Waals surface area contributed by atoms with Crippen LogP contribution in [0.3, 0.4) is 0 Å². The fourth-order valence-electron chi connectivity index (χ4n) is 2.58. The summed E-state index contributed by atoms with van der Waals surface area (Å²) in [6, 6.07) is 5.08. The molecule has 0 unspecified atom stereocenters. The second-order valence-electron chi connectivity index (χ2n) is 5.78. The van der Waals surface area contributed by atoms with Gasteiger partial charge in [0.05, 0.1) is 16.4 Å². The van der Waals surface area contributed by atoms with Crippen LogP contribution >= 0.6 is 23.2 Å². The zero-order valence-corrected chi connectivity index (χ0v) is 15.5. The van der Waals surface area contributed by atoms with Crippen molar-refractivity contribution in [2.24, 2.45) is 14.1 Å². The normalized spacial score (nSPS) is 11.1. The van der Waals surface area contributed by atoms with Crippen LogP contribution < -0.4 is 16.6 Å². The van der Waals surface area contributed by atoms with Crippen molar-refractivity contribution in [1.82, 2.24) is 24.0 Å². The van der Waals surface area contributed by atoms with Gasteiger partial charge < -0.3 is 9.88 Å². The Morgan fingerprint density at radius 3 is 2.58 bits per heavy atom. The van der Waals surface area contributed by atoms with Crippen molar-refractivity contribution < 1.29 is 4.79 Å². The largest absolute Gasteiger partial charge is 0.350 e. The predicted octanol–water partition coefficient (Wildman–Crippen LogP) is 1.06. The number of nitrogens with zero attached hydrogens (tertiary/aromatic N) is 4. The number of imidazole rings is 1. The van der Waals surface area contributed by atoms with E-state index >= 15 is 0 Å². The number of benzene rings is 1. The van der Waals surface area contributed by atoms with Gasteiger partial charge >= 0.3 is 5.69 Å². The molecule has 0 radical (unpaired) electrons. The Bertz CT molecular complexity index is 1130. The number of amides is 1. The summed E-state index contributed by atoms with van der Waals surface area (Å²) in [7, 11) is 2.90. The maximum Gasteiger partial charge on any atom is 0.332 e. The number of carbonyl (C=O) groups is 1. The van der Waals surface area contributed by atoms with E-state index in [0.29, 0.717) is 10.0 Å². The van der Waals surface area contributed by atoms with Crippen LogP contribution in [0, 0.1) is 0 Å². The van der Waals surface area contributed by atoms with E-state index in [2.05, 4.69) is 10.3 Å². The number of nitrogens with one attached hydrogen (secondary N) is 1. The molecule has 2 aromatic heterocycles. The fraction of sp³-hybridized carbons (Fsp3) is 0.250. The maximum absolute atomic E-state index is 12.3. The number of halogens is 2. The van der Waals surface area contributed by atoms with E-state index in [0.717, 1.165) is 10.1 Å². The standard InChI is InChI=1S/C16H15Cl2N5O3/c1-21-14-13(15(25)22(2)16(21)26)23(8-20-14)7-12(24)19-6-9-3-4-10(17)11(18)5-9/h3-5,8H,6-7H2,1-2H3,(H,19,24). The van der Waals surface area contributed by atoms with Gasteiger partial charge in [0, 0.05) is 20.6 Å². The molecule has 0 saturated heterocycles. The Morgan fingerprint density at radius 1 is 1.15 bits per heavy atom. The smallest absolute Gasteiger partial charge is 0.332 e. The van der Waals surface area contributed by atoms with Crippen molar-refractivity contribution >= 4 is 40.3 Å². The quantitative estimate of drug-likeness (QED) is 0.714. The molecular formula is C16H15Cl2N5O3. The third kappa shape index (κ3) is 3.25. The van der Waals surface area contributed by atoms with Crippen molar-refractivity contribution in [3.63, 3.8) is 0 Å². The Kier molecular flexibility index (Phi) is 4.88. The van der Waals surface area contributed by atoms with Gasteiger partial charge in [-0.25, -0.2) is 9.78 Å². The van der Waals surface area contributed by atoms with Crippen molar-refractivity contribution in [3.05, 3.63) is 61.0 Å². The molecule has 0 aliphatic carbocycles. The third-order valence-electron chi connectivity index (χ3n) is 4.00. The molecule has 8 nitrogen and oxygen atoms in total. The van der Waals surface area contributed by atoms with Gasteiger partial charge in [-0.15, -0.1) is 0 Å². The Balaban J connectivity index is 1.81. The predicted molar refractivity (Wildman–Crippen MR) is 98.5 cm³/mol. The van der Waals surface area contributed by atoms with Crippen LogP contribution in [-0.2, 0) is 32.0 Å². The van der Waals surface area contributed by atoms with Crippen LogP contribution in [0.2, 0.25) is 10.0 Å². The second kappa shape index (κ2) is 6.97. The van der Waals surface area contributed by atoms with Gasteiger partial charge in [0.1, 0.15) is 6.54 Å². The molecule has 136 valence electrons. The lowest BCUT2D eigenvalue weighted by Gasteiger charge is -2.08. The molecule has 0 spiro atoms. The van der Waals surface area contributed by atoms with Crippen LogP contribution in [0.25, 0.3) is 11.2 Å². The third-order valence-corrected chi connectivity index (χ3v) is 4.74. The van der Waals surface area contributed by atoms with Crippen molar-refractivity contribution in [3.8, 4) is 0 Å². The van der Waals surface area contributed by atoms with Gasteiger partial charge in [-0.2, -0.15) is 0 Å². The lowest BCUT2D eigenvalue weighted by molar-refractivity contribution is -0.121. The average Bonchev–Trinajstić information content (AvgIpc) is 3.02. The summed E-state index contributed by atoms with van der Waals surface area (Å²) in [6.45, 7) is 0.157. The maximum atomic E-state index is 12.3. The average molecular weight is 396 g/mol. The van der Waals surface area contributed by atoms with Crippen LogP contribution in [0.4, 0.5) is 0 Å². The number of rotatable bonds is 4. The summed E-state index contributed by atoms with van der Waals surface area (Å²) in [5, 5.41) is 3.59. The SMILES string of the molecule is Cn1c(=O)c2c(ncn2CC(=O)NCc2ccc(Cl)c(Cl)c2)n(C)c1=O. The van der Waals surface area contributed by atoms with E-state index in [1.165, 1.54) is 29.6 Å². The lowest BCUT2D eigenvalue weighted by Crippen LogP contribution is -2.38. The molecule has 0 bridgehead atoms. The number of hydrogen-bond donors (Lipinski definition) is 1. The monoisotopic (exact) mass is 395 g/mol. The minimum atomic E-state index is -0.502. The molecule has 3 aromatic rings. The highest BCUT2D eigenvalue weighted by Crippen LogP contribution is 2.22. The summed E-state index contributed by atoms with van der Waals surface area (Å²) in [6.07, 6.45) is 1.37. The first kappa shape index (κ1) is 18.2. The zero-order chi connectivity index (χ0) is 19.0. The van der Waals surface area contributed by atoms with Gasteiger partial charge in [-0.3, -0.25) is 18.7 Å². The first-order valence-electron chi connectivity index (χ1n) is 7.61. The van der Waals surface area contributed by atoms with Crippen LogP contribution in [-0.4, -0.2) is 24.6 Å². The van der Waals surface area contributed by atoms with Gasteiger partial charge in [0.2, 0.25) is 5.91 Å². The molecule has 1 aromatic carbocycles. The topological polar surface area (TPSA) is 90.9 Å². The first-order valence-corrected chi connectivity index (χ1v) is 8.36. The Morgan fingerprint density at radius 2 is 1.88 bits per heavy atom. The molecule has 2 heterocycles. The number of aryl methyl sites for hydroxylation is 1. The van der Waals surface area contributed by atoms with Crippen molar-refractivity contribution in [2.75, 3.05) is 0 Å². The summed E-state index contributed by atoms with van der Waals surface area (Å²) < 4.78 is 3.66. The molecule has 26 heavy (non-hydrogen) atoms. The Labute approximate surface area is 157 Å². The minimum Gasteiger partial charge on any atom is -0.350 e. The molecule has 0 aliphatic heterocycles. The molecule has 0 aliphatic rings. The molecule has 1 amide bonds. The fourth-order valence-corrected chi connectivity index (χ4v) is 2.90. The first-order chi connectivity index (χ1) is 12.3.